The normalized spacial score (nSPS) is 11.4. The molecule has 0 spiro atoms. The summed E-state index contributed by atoms with van der Waals surface area (Å²) in [5.74, 6) is -0.542. The highest BCUT2D eigenvalue weighted by molar-refractivity contribution is 7.89. The number of aromatic amines is 1. The van der Waals surface area contributed by atoms with Gasteiger partial charge >= 0.3 is 0 Å². The fraction of sp³-hybridized carbons (Fsp3) is 0.143. The molecule has 2 heterocycles. The lowest BCUT2D eigenvalue weighted by atomic mass is 10.1. The Morgan fingerprint density at radius 3 is 2.48 bits per heavy atom. The number of aryl methyl sites for hydroxylation is 1. The largest absolute Gasteiger partial charge is 0.338 e. The Balaban J connectivity index is 1.51. The van der Waals surface area contributed by atoms with Crippen LogP contribution in [0.3, 0.4) is 0 Å². The van der Waals surface area contributed by atoms with Crippen molar-refractivity contribution in [3.8, 4) is 0 Å². The summed E-state index contributed by atoms with van der Waals surface area (Å²) in [5, 5.41) is 16.2. The molecule has 33 heavy (non-hydrogen) atoms. The van der Waals surface area contributed by atoms with Gasteiger partial charge in [0.25, 0.3) is 0 Å². The van der Waals surface area contributed by atoms with E-state index in [0.717, 1.165) is 17.5 Å². The van der Waals surface area contributed by atoms with Gasteiger partial charge in [-0.1, -0.05) is 18.2 Å². The number of nitrogens with one attached hydrogen (secondary N) is 4. The number of hydrogen-bond acceptors (Lipinski definition) is 8. The first-order valence-corrected chi connectivity index (χ1v) is 11.4. The Morgan fingerprint density at radius 1 is 1.03 bits per heavy atom. The number of H-pyrrole nitrogens is 1. The van der Waals surface area contributed by atoms with Gasteiger partial charge in [0.15, 0.2) is 11.6 Å². The molecule has 0 amide bonds. The molecule has 0 saturated heterocycles. The molecule has 0 bridgehead atoms. The average Bonchev–Trinajstić information content (AvgIpc) is 3.31. The maximum absolute atomic E-state index is 14.3. The highest BCUT2D eigenvalue weighted by atomic mass is 32.2. The van der Waals surface area contributed by atoms with E-state index in [2.05, 4.69) is 40.7 Å². The van der Waals surface area contributed by atoms with Crippen molar-refractivity contribution in [2.45, 2.75) is 18.2 Å². The molecule has 4 aromatic rings. The van der Waals surface area contributed by atoms with E-state index >= 15 is 0 Å². The van der Waals surface area contributed by atoms with E-state index in [1.165, 1.54) is 13.1 Å². The zero-order valence-electron chi connectivity index (χ0n) is 17.8. The van der Waals surface area contributed by atoms with Gasteiger partial charge in [-0.3, -0.25) is 0 Å². The Bertz CT molecular complexity index is 1360. The van der Waals surface area contributed by atoms with Crippen LogP contribution in [-0.4, -0.2) is 40.8 Å². The van der Waals surface area contributed by atoms with Crippen LogP contribution in [-0.2, 0) is 16.4 Å². The van der Waals surface area contributed by atoms with Crippen LogP contribution in [0.1, 0.15) is 16.8 Å². The zero-order valence-corrected chi connectivity index (χ0v) is 18.6. The van der Waals surface area contributed by atoms with Crippen LogP contribution < -0.4 is 15.4 Å². The first-order chi connectivity index (χ1) is 15.8. The minimum Gasteiger partial charge on any atom is -0.338 e. The first kappa shape index (κ1) is 22.3. The van der Waals surface area contributed by atoms with Crippen molar-refractivity contribution in [1.82, 2.24) is 30.1 Å². The highest BCUT2D eigenvalue weighted by Crippen LogP contribution is 2.24. The third kappa shape index (κ3) is 5.30. The van der Waals surface area contributed by atoms with Crippen molar-refractivity contribution >= 4 is 33.2 Å². The number of nitrogens with zero attached hydrogens (tertiary/aromatic N) is 4. The molecule has 0 aliphatic heterocycles. The summed E-state index contributed by atoms with van der Waals surface area (Å²) in [5.41, 5.74) is 3.51. The summed E-state index contributed by atoms with van der Waals surface area (Å²) in [6.45, 7) is 1.70. The predicted molar refractivity (Wildman–Crippen MR) is 122 cm³/mol. The molecule has 12 heteroatoms. The SMILES string of the molecule is CNS(=O)(=O)c1cc(Nc2ncc(F)c(Nc3ccc(Cc4cn[nH]n4)cc3)n2)ccc1C. The summed E-state index contributed by atoms with van der Waals surface area (Å²) < 4.78 is 41.0. The summed E-state index contributed by atoms with van der Waals surface area (Å²) in [6, 6.07) is 12.2. The number of sulfonamides is 1. The number of aromatic nitrogens is 5. The standard InChI is InChI=1S/C21H21FN8O2S/c1-13-3-6-16(10-19(13)33(31,32)23-2)27-21-24-12-18(22)20(28-21)26-15-7-4-14(5-8-15)9-17-11-25-30-29-17/h3-8,10-12,23H,9H2,1-2H3,(H,25,29,30)(H2,24,26,27,28). The van der Waals surface area contributed by atoms with Crippen molar-refractivity contribution in [3.05, 3.63) is 77.5 Å². The minimum atomic E-state index is -3.63. The quantitative estimate of drug-likeness (QED) is 0.310. The fourth-order valence-electron chi connectivity index (χ4n) is 3.08. The molecule has 0 aliphatic rings. The summed E-state index contributed by atoms with van der Waals surface area (Å²) in [4.78, 5) is 8.26. The summed E-state index contributed by atoms with van der Waals surface area (Å²) in [6.07, 6.45) is 3.31. The van der Waals surface area contributed by atoms with Gasteiger partial charge in [0, 0.05) is 17.8 Å². The first-order valence-electron chi connectivity index (χ1n) is 9.88. The van der Waals surface area contributed by atoms with Crippen molar-refractivity contribution in [2.24, 2.45) is 0 Å². The van der Waals surface area contributed by atoms with E-state index in [1.54, 1.807) is 37.4 Å². The minimum absolute atomic E-state index is 0.0214. The molecular formula is C21H21FN8O2S. The molecule has 0 atom stereocenters. The molecular weight excluding hydrogens is 447 g/mol. The van der Waals surface area contributed by atoms with Crippen LogP contribution >= 0.6 is 0 Å². The van der Waals surface area contributed by atoms with Gasteiger partial charge in [-0.25, -0.2) is 22.5 Å². The van der Waals surface area contributed by atoms with Gasteiger partial charge < -0.3 is 10.6 Å². The predicted octanol–water partition coefficient (Wildman–Crippen LogP) is 3.03. The van der Waals surface area contributed by atoms with Crippen LogP contribution in [0, 0.1) is 12.7 Å². The van der Waals surface area contributed by atoms with Gasteiger partial charge in [-0.05, 0) is 49.4 Å². The van der Waals surface area contributed by atoms with Gasteiger partial charge in [-0.2, -0.15) is 20.4 Å². The summed E-state index contributed by atoms with van der Waals surface area (Å²) in [7, 11) is -2.29. The van der Waals surface area contributed by atoms with Crippen molar-refractivity contribution in [1.29, 1.82) is 0 Å². The average molecular weight is 469 g/mol. The number of rotatable bonds is 8. The van der Waals surface area contributed by atoms with Gasteiger partial charge in [0.1, 0.15) is 0 Å². The number of anilines is 4. The molecule has 0 aliphatic carbocycles. The lowest BCUT2D eigenvalue weighted by Gasteiger charge is -2.12. The second-order valence-electron chi connectivity index (χ2n) is 7.16. The third-order valence-electron chi connectivity index (χ3n) is 4.81. The molecule has 2 aromatic heterocycles. The van der Waals surface area contributed by atoms with Crippen LogP contribution in [0.4, 0.5) is 27.5 Å². The number of hydrogen-bond donors (Lipinski definition) is 4. The molecule has 4 N–H and O–H groups in total. The summed E-state index contributed by atoms with van der Waals surface area (Å²) >= 11 is 0. The molecule has 0 unspecified atom stereocenters. The lowest BCUT2D eigenvalue weighted by Crippen LogP contribution is -2.19. The van der Waals surface area contributed by atoms with Gasteiger partial charge in [0.05, 0.1) is 23.0 Å². The zero-order chi connectivity index (χ0) is 23.4. The smallest absolute Gasteiger partial charge is 0.240 e. The van der Waals surface area contributed by atoms with E-state index in [1.807, 2.05) is 12.1 Å². The van der Waals surface area contributed by atoms with E-state index in [4.69, 9.17) is 0 Å². The van der Waals surface area contributed by atoms with Gasteiger partial charge in [0.2, 0.25) is 16.0 Å². The van der Waals surface area contributed by atoms with E-state index < -0.39 is 15.8 Å². The van der Waals surface area contributed by atoms with Gasteiger partial charge in [-0.15, -0.1) is 0 Å². The van der Waals surface area contributed by atoms with Crippen LogP contribution in [0.5, 0.6) is 0 Å². The Labute approximate surface area is 189 Å². The second-order valence-corrected chi connectivity index (χ2v) is 9.02. The molecule has 0 saturated carbocycles. The second kappa shape index (κ2) is 9.30. The van der Waals surface area contributed by atoms with Crippen LogP contribution in [0.25, 0.3) is 0 Å². The molecule has 170 valence electrons. The van der Waals surface area contributed by atoms with Crippen molar-refractivity contribution < 1.29 is 12.8 Å². The van der Waals surface area contributed by atoms with E-state index in [-0.39, 0.29) is 16.7 Å². The molecule has 0 radical (unpaired) electrons. The Morgan fingerprint density at radius 2 is 1.79 bits per heavy atom. The maximum atomic E-state index is 14.3. The monoisotopic (exact) mass is 468 g/mol. The molecule has 10 nitrogen and oxygen atoms in total. The third-order valence-corrected chi connectivity index (χ3v) is 6.37. The maximum Gasteiger partial charge on any atom is 0.240 e. The van der Waals surface area contributed by atoms with E-state index in [0.29, 0.717) is 23.4 Å². The topological polar surface area (TPSA) is 138 Å². The number of benzene rings is 2. The van der Waals surface area contributed by atoms with Crippen molar-refractivity contribution in [2.75, 3.05) is 17.7 Å². The highest BCUT2D eigenvalue weighted by Gasteiger charge is 2.16. The Kier molecular flexibility index (Phi) is 6.29. The number of halogens is 1. The van der Waals surface area contributed by atoms with Crippen LogP contribution in [0.2, 0.25) is 0 Å². The van der Waals surface area contributed by atoms with E-state index in [9.17, 15) is 12.8 Å². The lowest BCUT2D eigenvalue weighted by molar-refractivity contribution is 0.587. The van der Waals surface area contributed by atoms with Crippen LogP contribution in [0.15, 0.2) is 59.8 Å². The molecule has 0 fully saturated rings. The molecule has 4 rings (SSSR count). The molecule has 2 aromatic carbocycles. The fourth-order valence-corrected chi connectivity index (χ4v) is 4.08. The Hall–Kier alpha value is -3.90. The van der Waals surface area contributed by atoms with Crippen molar-refractivity contribution in [3.63, 3.8) is 0 Å².